The Bertz CT molecular complexity index is 613. The maximum atomic E-state index is 13.9. The highest BCUT2D eigenvalue weighted by atomic mass is 35.5. The largest absolute Gasteiger partial charge is 0.383 e. The number of ether oxygens (including phenoxy) is 1. The predicted molar refractivity (Wildman–Crippen MR) is 75.1 cm³/mol. The number of benzene rings is 1. The van der Waals surface area contributed by atoms with Crippen LogP contribution in [0.15, 0.2) is 12.1 Å². The standard InChI is InChI=1S/C14H17ClF2N2O/c1-4-10(7-20-3)19-12-6-9(16)5-11(17)13(12)18-14(19)8(2)15/h5-6,8,10H,4,7H2,1-3H3. The molecule has 2 rings (SSSR count). The third kappa shape index (κ3) is 2.65. The second-order valence-electron chi connectivity index (χ2n) is 4.73. The van der Waals surface area contributed by atoms with Crippen molar-refractivity contribution in [1.29, 1.82) is 0 Å². The molecule has 1 aromatic heterocycles. The lowest BCUT2D eigenvalue weighted by Gasteiger charge is -2.20. The zero-order chi connectivity index (χ0) is 14.9. The van der Waals surface area contributed by atoms with Gasteiger partial charge in [-0.15, -0.1) is 11.6 Å². The molecule has 6 heteroatoms. The number of halogens is 3. The Morgan fingerprint density at radius 2 is 2.10 bits per heavy atom. The van der Waals surface area contributed by atoms with Crippen molar-refractivity contribution in [2.75, 3.05) is 13.7 Å². The number of imidazole rings is 1. The van der Waals surface area contributed by atoms with Gasteiger partial charge in [-0.2, -0.15) is 0 Å². The van der Waals surface area contributed by atoms with Crippen LogP contribution in [0.4, 0.5) is 8.78 Å². The number of methoxy groups -OCH3 is 1. The Morgan fingerprint density at radius 3 is 2.65 bits per heavy atom. The molecular formula is C14H17ClF2N2O. The second kappa shape index (κ2) is 6.06. The summed E-state index contributed by atoms with van der Waals surface area (Å²) >= 11 is 6.13. The van der Waals surface area contributed by atoms with Gasteiger partial charge in [-0.25, -0.2) is 13.8 Å². The van der Waals surface area contributed by atoms with E-state index in [0.717, 1.165) is 12.5 Å². The van der Waals surface area contributed by atoms with E-state index in [1.54, 1.807) is 18.6 Å². The monoisotopic (exact) mass is 302 g/mol. The van der Waals surface area contributed by atoms with E-state index in [0.29, 0.717) is 17.9 Å². The summed E-state index contributed by atoms with van der Waals surface area (Å²) < 4.78 is 34.3. The number of aromatic nitrogens is 2. The maximum absolute atomic E-state index is 13.9. The number of alkyl halides is 1. The Labute approximate surface area is 121 Å². The van der Waals surface area contributed by atoms with Gasteiger partial charge in [-0.3, -0.25) is 0 Å². The van der Waals surface area contributed by atoms with Gasteiger partial charge in [0.2, 0.25) is 0 Å². The number of rotatable bonds is 5. The van der Waals surface area contributed by atoms with Crippen LogP contribution in [-0.4, -0.2) is 23.3 Å². The fraction of sp³-hybridized carbons (Fsp3) is 0.500. The molecule has 110 valence electrons. The van der Waals surface area contributed by atoms with Crippen LogP contribution < -0.4 is 0 Å². The van der Waals surface area contributed by atoms with Gasteiger partial charge in [0.15, 0.2) is 5.82 Å². The molecule has 0 saturated heterocycles. The summed E-state index contributed by atoms with van der Waals surface area (Å²) in [6, 6.07) is 2.05. The number of fused-ring (bicyclic) bond motifs is 1. The van der Waals surface area contributed by atoms with Crippen molar-refractivity contribution >= 4 is 22.6 Å². The van der Waals surface area contributed by atoms with Crippen LogP contribution in [0.3, 0.4) is 0 Å². The van der Waals surface area contributed by atoms with E-state index >= 15 is 0 Å². The van der Waals surface area contributed by atoms with E-state index in [1.165, 1.54) is 6.07 Å². The molecule has 0 saturated carbocycles. The Morgan fingerprint density at radius 1 is 1.40 bits per heavy atom. The molecular weight excluding hydrogens is 286 g/mol. The number of hydrogen-bond acceptors (Lipinski definition) is 2. The molecule has 0 spiro atoms. The summed E-state index contributed by atoms with van der Waals surface area (Å²) in [4.78, 5) is 4.24. The minimum atomic E-state index is -0.676. The molecule has 2 atom stereocenters. The molecule has 0 amide bonds. The predicted octanol–water partition coefficient (Wildman–Crippen LogP) is 4.21. The first kappa shape index (κ1) is 15.2. The van der Waals surface area contributed by atoms with Crippen molar-refractivity contribution in [1.82, 2.24) is 9.55 Å². The minimum absolute atomic E-state index is 0.0672. The highest BCUT2D eigenvalue weighted by Gasteiger charge is 2.23. The number of nitrogens with zero attached hydrogens (tertiary/aromatic N) is 2. The van der Waals surface area contributed by atoms with Crippen molar-refractivity contribution in [2.24, 2.45) is 0 Å². The average molecular weight is 303 g/mol. The van der Waals surface area contributed by atoms with Gasteiger partial charge in [-0.05, 0) is 19.4 Å². The van der Waals surface area contributed by atoms with Crippen molar-refractivity contribution in [3.8, 4) is 0 Å². The summed E-state index contributed by atoms with van der Waals surface area (Å²) in [5.74, 6) is -0.781. The molecule has 2 aromatic rings. The topological polar surface area (TPSA) is 27.1 Å². The minimum Gasteiger partial charge on any atom is -0.383 e. The van der Waals surface area contributed by atoms with E-state index in [-0.39, 0.29) is 11.6 Å². The molecule has 2 unspecified atom stereocenters. The first-order valence-electron chi connectivity index (χ1n) is 6.49. The van der Waals surface area contributed by atoms with Crippen LogP contribution in [0.2, 0.25) is 0 Å². The lowest BCUT2D eigenvalue weighted by Crippen LogP contribution is -2.17. The Hall–Kier alpha value is -1.20. The van der Waals surface area contributed by atoms with E-state index in [1.807, 2.05) is 6.92 Å². The first-order chi connectivity index (χ1) is 9.49. The highest BCUT2D eigenvalue weighted by molar-refractivity contribution is 6.20. The summed E-state index contributed by atoms with van der Waals surface area (Å²) in [7, 11) is 1.59. The molecule has 0 aliphatic heterocycles. The van der Waals surface area contributed by atoms with Gasteiger partial charge >= 0.3 is 0 Å². The van der Waals surface area contributed by atoms with Crippen molar-refractivity contribution in [3.05, 3.63) is 29.6 Å². The van der Waals surface area contributed by atoms with Gasteiger partial charge < -0.3 is 9.30 Å². The van der Waals surface area contributed by atoms with Gasteiger partial charge in [0.05, 0.1) is 23.5 Å². The van der Waals surface area contributed by atoms with Crippen LogP contribution >= 0.6 is 11.6 Å². The van der Waals surface area contributed by atoms with Crippen LogP contribution in [0.25, 0.3) is 11.0 Å². The Kier molecular flexibility index (Phi) is 4.60. The quantitative estimate of drug-likeness (QED) is 0.774. The van der Waals surface area contributed by atoms with Crippen LogP contribution in [-0.2, 0) is 4.74 Å². The van der Waals surface area contributed by atoms with Gasteiger partial charge in [0, 0.05) is 13.2 Å². The van der Waals surface area contributed by atoms with Crippen LogP contribution in [0.1, 0.15) is 37.5 Å². The van der Waals surface area contributed by atoms with Gasteiger partial charge in [0.25, 0.3) is 0 Å². The lowest BCUT2D eigenvalue weighted by atomic mass is 10.2. The van der Waals surface area contributed by atoms with Gasteiger partial charge in [0.1, 0.15) is 17.2 Å². The van der Waals surface area contributed by atoms with Crippen LogP contribution in [0.5, 0.6) is 0 Å². The van der Waals surface area contributed by atoms with Gasteiger partial charge in [-0.1, -0.05) is 6.92 Å². The van der Waals surface area contributed by atoms with Crippen molar-refractivity contribution in [2.45, 2.75) is 31.7 Å². The summed E-state index contributed by atoms with van der Waals surface area (Å²) in [5, 5.41) is -0.407. The molecule has 20 heavy (non-hydrogen) atoms. The smallest absolute Gasteiger partial charge is 0.153 e. The lowest BCUT2D eigenvalue weighted by molar-refractivity contribution is 0.153. The van der Waals surface area contributed by atoms with E-state index in [9.17, 15) is 8.78 Å². The van der Waals surface area contributed by atoms with Crippen LogP contribution in [0, 0.1) is 11.6 Å². The maximum Gasteiger partial charge on any atom is 0.153 e. The fourth-order valence-corrected chi connectivity index (χ4v) is 2.52. The molecule has 1 heterocycles. The van der Waals surface area contributed by atoms with Crippen molar-refractivity contribution in [3.63, 3.8) is 0 Å². The average Bonchev–Trinajstić information content (AvgIpc) is 2.75. The molecule has 1 aromatic carbocycles. The summed E-state index contributed by atoms with van der Waals surface area (Å²) in [6.07, 6.45) is 0.744. The zero-order valence-electron chi connectivity index (χ0n) is 11.7. The third-order valence-electron chi connectivity index (χ3n) is 3.29. The molecule has 3 nitrogen and oxygen atoms in total. The molecule has 0 fully saturated rings. The first-order valence-corrected chi connectivity index (χ1v) is 6.93. The van der Waals surface area contributed by atoms with E-state index in [2.05, 4.69) is 4.98 Å². The zero-order valence-corrected chi connectivity index (χ0v) is 12.4. The molecule has 0 aliphatic rings. The van der Waals surface area contributed by atoms with E-state index < -0.39 is 17.0 Å². The van der Waals surface area contributed by atoms with E-state index in [4.69, 9.17) is 16.3 Å². The molecule has 0 N–H and O–H groups in total. The Balaban J connectivity index is 2.73. The normalized spacial score (nSPS) is 14.7. The van der Waals surface area contributed by atoms with Crippen molar-refractivity contribution < 1.29 is 13.5 Å². The fourth-order valence-electron chi connectivity index (χ4n) is 2.37. The molecule has 0 radical (unpaired) electrons. The highest BCUT2D eigenvalue weighted by Crippen LogP contribution is 2.31. The molecule has 0 bridgehead atoms. The summed E-state index contributed by atoms with van der Waals surface area (Å²) in [5.41, 5.74) is 0.553. The summed E-state index contributed by atoms with van der Waals surface area (Å²) in [6.45, 7) is 4.16. The second-order valence-corrected chi connectivity index (χ2v) is 5.38. The number of hydrogen-bond donors (Lipinski definition) is 0. The SMILES string of the molecule is CCC(COC)n1c(C(C)Cl)nc2c(F)cc(F)cc21. The molecule has 0 aliphatic carbocycles. The third-order valence-corrected chi connectivity index (χ3v) is 3.49.